The zero-order chi connectivity index (χ0) is 11.7. The minimum absolute atomic E-state index is 0.0888. The van der Waals surface area contributed by atoms with Gasteiger partial charge in [-0.25, -0.2) is 0 Å². The van der Waals surface area contributed by atoms with Crippen LogP contribution in [0.15, 0.2) is 24.3 Å². The summed E-state index contributed by atoms with van der Waals surface area (Å²) in [6.45, 7) is 2.01. The fraction of sp³-hybridized carbons (Fsp3) is 0.100. The van der Waals surface area contributed by atoms with Crippen LogP contribution in [0.25, 0.3) is 5.69 Å². The largest absolute Gasteiger partial charge is 0.369 e. The molecule has 82 valence electrons. The van der Waals surface area contributed by atoms with Gasteiger partial charge in [0.15, 0.2) is 0 Å². The molecule has 0 fully saturated rings. The quantitative estimate of drug-likeness (QED) is 0.729. The van der Waals surface area contributed by atoms with Crippen LogP contribution >= 0.6 is 12.2 Å². The molecule has 0 atom stereocenters. The highest BCUT2D eigenvalue weighted by Gasteiger charge is 2.04. The molecule has 6 heteroatoms. The molecule has 0 aliphatic carbocycles. The highest BCUT2D eigenvalue weighted by molar-refractivity contribution is 7.71. The summed E-state index contributed by atoms with van der Waals surface area (Å²) in [5, 5.41) is 0. The van der Waals surface area contributed by atoms with Crippen molar-refractivity contribution in [3.8, 4) is 5.69 Å². The molecule has 0 aliphatic heterocycles. The third-order valence-electron chi connectivity index (χ3n) is 2.15. The summed E-state index contributed by atoms with van der Waals surface area (Å²) in [4.78, 5) is 7.77. The Balaban J connectivity index is 2.65. The number of nitrogens with zero attached hydrogens (tertiary/aromatic N) is 3. The molecular formula is C10H11N5S. The molecule has 16 heavy (non-hydrogen) atoms. The average molecular weight is 233 g/mol. The molecule has 1 heterocycles. The second-order valence-corrected chi connectivity index (χ2v) is 3.76. The van der Waals surface area contributed by atoms with Gasteiger partial charge >= 0.3 is 0 Å². The Bertz CT molecular complexity index is 573. The first-order valence-electron chi connectivity index (χ1n) is 4.67. The predicted octanol–water partition coefficient (Wildman–Crippen LogP) is 1.47. The number of benzene rings is 1. The van der Waals surface area contributed by atoms with Crippen molar-refractivity contribution in [2.24, 2.45) is 0 Å². The zero-order valence-corrected chi connectivity index (χ0v) is 9.53. The molecule has 2 rings (SSSR count). The Labute approximate surface area is 97.8 Å². The normalized spacial score (nSPS) is 10.3. The van der Waals surface area contributed by atoms with E-state index in [0.717, 1.165) is 11.3 Å². The molecule has 1 aromatic heterocycles. The summed E-state index contributed by atoms with van der Waals surface area (Å²) in [6.07, 6.45) is 0. The van der Waals surface area contributed by atoms with Gasteiger partial charge in [0.2, 0.25) is 16.7 Å². The number of aromatic nitrogens is 3. The van der Waals surface area contributed by atoms with Crippen LogP contribution in [-0.4, -0.2) is 14.5 Å². The number of hydrogen-bond donors (Lipinski definition) is 2. The molecule has 4 N–H and O–H groups in total. The topological polar surface area (TPSA) is 82.8 Å². The smallest absolute Gasteiger partial charge is 0.225 e. The highest BCUT2D eigenvalue weighted by Crippen LogP contribution is 2.13. The van der Waals surface area contributed by atoms with E-state index in [1.54, 1.807) is 4.57 Å². The van der Waals surface area contributed by atoms with Crippen LogP contribution in [0, 0.1) is 11.7 Å². The summed E-state index contributed by atoms with van der Waals surface area (Å²) in [7, 11) is 0. The number of rotatable bonds is 1. The monoisotopic (exact) mass is 233 g/mol. The van der Waals surface area contributed by atoms with E-state index in [1.165, 1.54) is 0 Å². The Kier molecular flexibility index (Phi) is 2.57. The summed E-state index contributed by atoms with van der Waals surface area (Å²) in [5.41, 5.74) is 13.2. The first kappa shape index (κ1) is 10.6. The van der Waals surface area contributed by atoms with Gasteiger partial charge < -0.3 is 11.5 Å². The average Bonchev–Trinajstić information content (AvgIpc) is 2.19. The Morgan fingerprint density at radius 1 is 1.12 bits per heavy atom. The number of anilines is 2. The van der Waals surface area contributed by atoms with Gasteiger partial charge in [-0.1, -0.05) is 17.7 Å². The van der Waals surface area contributed by atoms with Crippen LogP contribution in [0.4, 0.5) is 11.9 Å². The zero-order valence-electron chi connectivity index (χ0n) is 8.71. The maximum absolute atomic E-state index is 5.76. The van der Waals surface area contributed by atoms with E-state index in [1.807, 2.05) is 31.2 Å². The second kappa shape index (κ2) is 3.90. The minimum Gasteiger partial charge on any atom is -0.369 e. The van der Waals surface area contributed by atoms with Crippen LogP contribution in [0.1, 0.15) is 5.56 Å². The standard InChI is InChI=1S/C10H11N5S/c1-6-2-4-7(5-3-6)15-9(12)13-8(11)14-10(15)16/h2-5H,1H3,(H4,11,12,13,14,16). The fourth-order valence-electron chi connectivity index (χ4n) is 1.37. The van der Waals surface area contributed by atoms with Gasteiger partial charge in [0.05, 0.1) is 5.69 Å². The van der Waals surface area contributed by atoms with Crippen molar-refractivity contribution in [3.63, 3.8) is 0 Å². The molecule has 0 radical (unpaired) electrons. The van der Waals surface area contributed by atoms with E-state index in [-0.39, 0.29) is 11.9 Å². The van der Waals surface area contributed by atoms with Gasteiger partial charge in [-0.05, 0) is 31.3 Å². The van der Waals surface area contributed by atoms with E-state index < -0.39 is 0 Å². The summed E-state index contributed by atoms with van der Waals surface area (Å²) < 4.78 is 1.87. The van der Waals surface area contributed by atoms with E-state index in [0.29, 0.717) is 4.77 Å². The molecular weight excluding hydrogens is 222 g/mol. The number of nitrogens with two attached hydrogens (primary N) is 2. The van der Waals surface area contributed by atoms with Crippen molar-refractivity contribution in [2.45, 2.75) is 6.92 Å². The molecule has 5 nitrogen and oxygen atoms in total. The van der Waals surface area contributed by atoms with Gasteiger partial charge in [0.1, 0.15) is 0 Å². The van der Waals surface area contributed by atoms with Crippen LogP contribution in [0.2, 0.25) is 0 Å². The van der Waals surface area contributed by atoms with Gasteiger partial charge in [-0.15, -0.1) is 0 Å². The summed E-state index contributed by atoms with van der Waals surface area (Å²) in [5.74, 6) is 0.326. The van der Waals surface area contributed by atoms with E-state index in [9.17, 15) is 0 Å². The summed E-state index contributed by atoms with van der Waals surface area (Å²) in [6, 6.07) is 7.74. The van der Waals surface area contributed by atoms with Crippen molar-refractivity contribution in [2.75, 3.05) is 11.5 Å². The predicted molar refractivity (Wildman–Crippen MR) is 65.8 cm³/mol. The molecule has 1 aromatic carbocycles. The molecule has 0 spiro atoms. The SMILES string of the molecule is Cc1ccc(-n2c(N)nc(N)nc2=S)cc1. The first-order valence-corrected chi connectivity index (χ1v) is 5.08. The van der Waals surface area contributed by atoms with Crippen LogP contribution < -0.4 is 11.5 Å². The Morgan fingerprint density at radius 2 is 1.75 bits per heavy atom. The van der Waals surface area contributed by atoms with Crippen molar-refractivity contribution < 1.29 is 0 Å². The van der Waals surface area contributed by atoms with Crippen LogP contribution in [0.5, 0.6) is 0 Å². The number of hydrogen-bond acceptors (Lipinski definition) is 5. The molecule has 0 saturated heterocycles. The van der Waals surface area contributed by atoms with Crippen molar-refractivity contribution >= 4 is 24.1 Å². The Morgan fingerprint density at radius 3 is 2.31 bits per heavy atom. The molecule has 0 bridgehead atoms. The van der Waals surface area contributed by atoms with Gasteiger partial charge in [0, 0.05) is 0 Å². The lowest BCUT2D eigenvalue weighted by atomic mass is 10.2. The maximum Gasteiger partial charge on any atom is 0.225 e. The van der Waals surface area contributed by atoms with Crippen molar-refractivity contribution in [1.29, 1.82) is 0 Å². The lowest BCUT2D eigenvalue weighted by Gasteiger charge is -2.09. The van der Waals surface area contributed by atoms with Crippen LogP contribution in [-0.2, 0) is 0 Å². The van der Waals surface area contributed by atoms with E-state index >= 15 is 0 Å². The molecule has 0 aliphatic rings. The third-order valence-corrected chi connectivity index (χ3v) is 2.43. The second-order valence-electron chi connectivity index (χ2n) is 3.39. The summed E-state index contributed by atoms with van der Waals surface area (Å²) >= 11 is 5.09. The minimum atomic E-state index is 0.0888. The molecule has 0 unspecified atom stereocenters. The van der Waals surface area contributed by atoms with Crippen molar-refractivity contribution in [1.82, 2.24) is 14.5 Å². The van der Waals surface area contributed by atoms with E-state index in [4.69, 9.17) is 23.7 Å². The van der Waals surface area contributed by atoms with Gasteiger partial charge in [-0.2, -0.15) is 9.97 Å². The van der Waals surface area contributed by atoms with Crippen LogP contribution in [0.3, 0.4) is 0 Å². The lowest BCUT2D eigenvalue weighted by Crippen LogP contribution is -2.11. The number of aryl methyl sites for hydroxylation is 1. The Hall–Kier alpha value is -1.95. The molecule has 2 aromatic rings. The molecule has 0 saturated carbocycles. The lowest BCUT2D eigenvalue weighted by molar-refractivity contribution is 0.920. The van der Waals surface area contributed by atoms with Gasteiger partial charge in [0.25, 0.3) is 0 Å². The third kappa shape index (κ3) is 1.87. The first-order chi connectivity index (χ1) is 7.58. The van der Waals surface area contributed by atoms with Crippen molar-refractivity contribution in [3.05, 3.63) is 34.6 Å². The van der Waals surface area contributed by atoms with Gasteiger partial charge in [-0.3, -0.25) is 4.57 Å². The fourth-order valence-corrected chi connectivity index (χ4v) is 1.67. The van der Waals surface area contributed by atoms with E-state index in [2.05, 4.69) is 9.97 Å². The highest BCUT2D eigenvalue weighted by atomic mass is 32.1. The number of nitrogen functional groups attached to an aromatic ring is 2. The molecule has 0 amide bonds. The maximum atomic E-state index is 5.76.